The number of hydrogen-bond acceptors (Lipinski definition) is 7. The van der Waals surface area contributed by atoms with E-state index in [0.717, 1.165) is 0 Å². The third kappa shape index (κ3) is 4.62. The first-order valence-corrected chi connectivity index (χ1v) is 6.96. The number of aromatic nitrogens is 3. The molecule has 0 bridgehead atoms. The van der Waals surface area contributed by atoms with Gasteiger partial charge in [-0.3, -0.25) is 0 Å². The van der Waals surface area contributed by atoms with Gasteiger partial charge in [0.15, 0.2) is 18.2 Å². The van der Waals surface area contributed by atoms with Crippen molar-refractivity contribution in [3.05, 3.63) is 24.4 Å². The van der Waals surface area contributed by atoms with E-state index in [1.165, 1.54) is 38.6 Å². The number of carbonyl (C=O) groups is 1. The maximum atomic E-state index is 12.4. The number of halogens is 3. The second-order valence-corrected chi connectivity index (χ2v) is 4.66. The fraction of sp³-hybridized carbons (Fsp3) is 0.286. The first-order valence-electron chi connectivity index (χ1n) is 6.96. The van der Waals surface area contributed by atoms with Crippen LogP contribution in [0.25, 0.3) is 0 Å². The van der Waals surface area contributed by atoms with Crippen LogP contribution in [-0.2, 0) is 0 Å². The van der Waals surface area contributed by atoms with E-state index in [4.69, 9.17) is 19.9 Å². The summed E-state index contributed by atoms with van der Waals surface area (Å²) in [4.78, 5) is 24.3. The van der Waals surface area contributed by atoms with Crippen molar-refractivity contribution in [3.8, 4) is 17.5 Å². The summed E-state index contributed by atoms with van der Waals surface area (Å²) in [6.07, 6.45) is -3.34. The van der Waals surface area contributed by atoms with Crippen molar-refractivity contribution < 1.29 is 32.2 Å². The molecule has 0 fully saturated rings. The maximum Gasteiger partial charge on any atom is 0.422 e. The number of primary amides is 1. The Hall–Kier alpha value is -3.31. The quantitative estimate of drug-likeness (QED) is 0.824. The molecule has 0 unspecified atom stereocenters. The number of hydrogen-bond donors (Lipinski definition) is 1. The Bertz CT molecular complexity index is 765. The number of nitrogens with zero attached hydrogens (tertiary/aromatic N) is 4. The lowest BCUT2D eigenvalue weighted by Crippen LogP contribution is -2.34. The molecule has 26 heavy (non-hydrogen) atoms. The Morgan fingerprint density at radius 2 is 1.85 bits per heavy atom. The van der Waals surface area contributed by atoms with Crippen LogP contribution < -0.4 is 24.8 Å². The number of pyridine rings is 1. The van der Waals surface area contributed by atoms with Crippen molar-refractivity contribution in [3.63, 3.8) is 0 Å². The normalized spacial score (nSPS) is 11.0. The van der Waals surface area contributed by atoms with E-state index in [2.05, 4.69) is 15.0 Å². The van der Waals surface area contributed by atoms with Gasteiger partial charge in [-0.25, -0.2) is 14.7 Å². The number of rotatable bonds is 6. The summed E-state index contributed by atoms with van der Waals surface area (Å²) in [5.41, 5.74) is 5.34. The van der Waals surface area contributed by atoms with E-state index in [-0.39, 0.29) is 29.3 Å². The number of ether oxygens (including phenoxy) is 3. The first kappa shape index (κ1) is 19.0. The van der Waals surface area contributed by atoms with E-state index in [1.807, 2.05) is 0 Å². The molecule has 2 heterocycles. The Morgan fingerprint density at radius 3 is 2.35 bits per heavy atom. The van der Waals surface area contributed by atoms with E-state index >= 15 is 0 Å². The lowest BCUT2D eigenvalue weighted by molar-refractivity contribution is -0.153. The summed E-state index contributed by atoms with van der Waals surface area (Å²) >= 11 is 0. The van der Waals surface area contributed by atoms with Crippen LogP contribution in [0.15, 0.2) is 24.4 Å². The Balaban J connectivity index is 2.50. The van der Waals surface area contributed by atoms with Gasteiger partial charge in [0.1, 0.15) is 0 Å². The summed E-state index contributed by atoms with van der Waals surface area (Å²) in [6, 6.07) is 2.76. The number of anilines is 2. The standard InChI is InChI=1S/C14H14F3N5O4/c1-24-9-6-10(25-2)21-13(20-9)22(12(18)23)11-8(4-3-5-19-11)26-7-14(15,16)17/h3-6H,7H2,1-2H3,(H2,18,23). The van der Waals surface area contributed by atoms with Crippen molar-refractivity contribution in [1.82, 2.24) is 15.0 Å². The average Bonchev–Trinajstić information content (AvgIpc) is 2.59. The molecular weight excluding hydrogens is 359 g/mol. The molecule has 2 aromatic heterocycles. The number of alkyl halides is 3. The number of methoxy groups -OCH3 is 2. The van der Waals surface area contributed by atoms with Gasteiger partial charge >= 0.3 is 12.2 Å². The van der Waals surface area contributed by atoms with Crippen LogP contribution in [0.4, 0.5) is 29.7 Å². The van der Waals surface area contributed by atoms with Crippen LogP contribution in [-0.4, -0.2) is 48.0 Å². The van der Waals surface area contributed by atoms with Gasteiger partial charge in [-0.05, 0) is 12.1 Å². The van der Waals surface area contributed by atoms with Crippen molar-refractivity contribution in [2.45, 2.75) is 6.18 Å². The van der Waals surface area contributed by atoms with Crippen molar-refractivity contribution in [2.75, 3.05) is 25.7 Å². The summed E-state index contributed by atoms with van der Waals surface area (Å²) in [6.45, 7) is -1.58. The largest absolute Gasteiger partial charge is 0.481 e. The zero-order valence-corrected chi connectivity index (χ0v) is 13.6. The molecule has 2 aromatic rings. The van der Waals surface area contributed by atoms with Crippen molar-refractivity contribution in [1.29, 1.82) is 0 Å². The predicted molar refractivity (Wildman–Crippen MR) is 82.6 cm³/mol. The topological polar surface area (TPSA) is 113 Å². The molecular formula is C14H14F3N5O4. The van der Waals surface area contributed by atoms with Crippen LogP contribution >= 0.6 is 0 Å². The minimum atomic E-state index is -4.58. The van der Waals surface area contributed by atoms with Crippen LogP contribution in [0, 0.1) is 0 Å². The zero-order chi connectivity index (χ0) is 19.3. The molecule has 0 spiro atoms. The molecule has 0 atom stereocenters. The molecule has 0 aliphatic carbocycles. The molecule has 0 aliphatic heterocycles. The SMILES string of the molecule is COc1cc(OC)nc(N(C(N)=O)c2ncccc2OCC(F)(F)F)n1. The molecule has 2 amide bonds. The summed E-state index contributed by atoms with van der Waals surface area (Å²) in [7, 11) is 2.64. The van der Waals surface area contributed by atoms with E-state index in [0.29, 0.717) is 4.90 Å². The molecule has 0 aromatic carbocycles. The number of nitrogens with two attached hydrogens (primary N) is 1. The fourth-order valence-corrected chi connectivity index (χ4v) is 1.82. The summed E-state index contributed by atoms with van der Waals surface area (Å²) < 4.78 is 52.0. The minimum Gasteiger partial charge on any atom is -0.481 e. The van der Waals surface area contributed by atoms with Crippen LogP contribution in [0.3, 0.4) is 0 Å². The van der Waals surface area contributed by atoms with Crippen molar-refractivity contribution in [2.24, 2.45) is 5.73 Å². The highest BCUT2D eigenvalue weighted by atomic mass is 19.4. The van der Waals surface area contributed by atoms with Gasteiger partial charge < -0.3 is 19.9 Å². The Labute approximate surface area is 145 Å². The molecule has 0 aliphatic rings. The molecule has 2 rings (SSSR count). The Kier molecular flexibility index (Phi) is 5.64. The monoisotopic (exact) mass is 373 g/mol. The van der Waals surface area contributed by atoms with Crippen LogP contribution in [0.5, 0.6) is 17.5 Å². The van der Waals surface area contributed by atoms with E-state index < -0.39 is 18.8 Å². The van der Waals surface area contributed by atoms with Gasteiger partial charge in [-0.2, -0.15) is 23.1 Å². The number of amides is 2. The highest BCUT2D eigenvalue weighted by molar-refractivity contribution is 5.97. The van der Waals surface area contributed by atoms with Gasteiger partial charge in [0.25, 0.3) is 0 Å². The van der Waals surface area contributed by atoms with Crippen LogP contribution in [0.2, 0.25) is 0 Å². The molecule has 9 nitrogen and oxygen atoms in total. The highest BCUT2D eigenvalue weighted by Crippen LogP contribution is 2.32. The van der Waals surface area contributed by atoms with Crippen molar-refractivity contribution >= 4 is 17.8 Å². The summed E-state index contributed by atoms with van der Waals surface area (Å²) in [5.74, 6) is -0.906. The highest BCUT2D eigenvalue weighted by Gasteiger charge is 2.31. The predicted octanol–water partition coefficient (Wildman–Crippen LogP) is 2.05. The minimum absolute atomic E-state index is 0.0341. The molecule has 0 saturated carbocycles. The molecule has 140 valence electrons. The van der Waals surface area contributed by atoms with Crippen LogP contribution in [0.1, 0.15) is 0 Å². The smallest absolute Gasteiger partial charge is 0.422 e. The van der Waals surface area contributed by atoms with E-state index in [9.17, 15) is 18.0 Å². The molecule has 2 N–H and O–H groups in total. The Morgan fingerprint density at radius 1 is 1.23 bits per heavy atom. The van der Waals surface area contributed by atoms with Gasteiger partial charge in [0, 0.05) is 6.20 Å². The first-order chi connectivity index (χ1) is 12.2. The maximum absolute atomic E-state index is 12.4. The second-order valence-electron chi connectivity index (χ2n) is 4.66. The lowest BCUT2D eigenvalue weighted by Gasteiger charge is -2.21. The molecule has 12 heteroatoms. The molecule has 0 saturated heterocycles. The third-order valence-corrected chi connectivity index (χ3v) is 2.86. The fourth-order valence-electron chi connectivity index (χ4n) is 1.82. The second kappa shape index (κ2) is 7.72. The van der Waals surface area contributed by atoms with E-state index in [1.54, 1.807) is 0 Å². The zero-order valence-electron chi connectivity index (χ0n) is 13.6. The summed E-state index contributed by atoms with van der Waals surface area (Å²) in [5, 5.41) is 0. The van der Waals surface area contributed by atoms with Gasteiger partial charge in [0.05, 0.1) is 20.3 Å². The molecule has 0 radical (unpaired) electrons. The number of urea groups is 1. The lowest BCUT2D eigenvalue weighted by atomic mass is 10.4. The van der Waals surface area contributed by atoms with Gasteiger partial charge in [-0.15, -0.1) is 0 Å². The van der Waals surface area contributed by atoms with Gasteiger partial charge in [-0.1, -0.05) is 0 Å². The van der Waals surface area contributed by atoms with Gasteiger partial charge in [0.2, 0.25) is 17.7 Å². The average molecular weight is 373 g/mol. The third-order valence-electron chi connectivity index (χ3n) is 2.86. The number of carbonyl (C=O) groups excluding carboxylic acids is 1.